The van der Waals surface area contributed by atoms with E-state index in [0.29, 0.717) is 11.5 Å². The van der Waals surface area contributed by atoms with Crippen molar-refractivity contribution in [2.75, 3.05) is 0 Å². The quantitative estimate of drug-likeness (QED) is 0.202. The van der Waals surface area contributed by atoms with E-state index >= 15 is 0 Å². The highest BCUT2D eigenvalue weighted by molar-refractivity contribution is 6.00. The number of hydrogen-bond acceptors (Lipinski definition) is 2. The minimum atomic E-state index is -0.412. The van der Waals surface area contributed by atoms with Crippen LogP contribution in [0, 0.1) is 6.57 Å². The van der Waals surface area contributed by atoms with Crippen molar-refractivity contribution in [3.05, 3.63) is 173 Å². The van der Waals surface area contributed by atoms with Crippen molar-refractivity contribution in [2.24, 2.45) is 0 Å². The molecule has 1 aromatic heterocycles. The summed E-state index contributed by atoms with van der Waals surface area (Å²) in [5.41, 5.74) is 14.1. The molecule has 0 atom stereocenters. The van der Waals surface area contributed by atoms with Crippen LogP contribution < -0.4 is 0 Å². The Morgan fingerprint density at radius 3 is 1.74 bits per heavy atom. The molecule has 3 nitrogen and oxygen atoms in total. The zero-order chi connectivity index (χ0) is 28.5. The van der Waals surface area contributed by atoms with Gasteiger partial charge in [-0.05, 0) is 56.1 Å². The molecule has 6 aromatic carbocycles. The maximum atomic E-state index is 7.39. The van der Waals surface area contributed by atoms with Gasteiger partial charge in [0.1, 0.15) is 0 Å². The fourth-order valence-electron chi connectivity index (χ4n) is 7.44. The summed E-state index contributed by atoms with van der Waals surface area (Å²) in [4.78, 5) is 14.0. The van der Waals surface area contributed by atoms with E-state index in [1.807, 2.05) is 36.4 Å². The molecule has 9 rings (SSSR count). The van der Waals surface area contributed by atoms with Gasteiger partial charge in [-0.15, -0.1) is 0 Å². The Labute approximate surface area is 249 Å². The minimum absolute atomic E-state index is 0.412. The molecule has 2 aliphatic rings. The number of benzene rings is 6. The smallest absolute Gasteiger partial charge is 0.187 e. The van der Waals surface area contributed by atoms with E-state index in [4.69, 9.17) is 16.5 Å². The summed E-state index contributed by atoms with van der Waals surface area (Å²) < 4.78 is 0. The van der Waals surface area contributed by atoms with E-state index in [2.05, 4.69) is 108 Å². The average molecular weight is 546 g/mol. The minimum Gasteiger partial charge on any atom is -0.238 e. The highest BCUT2D eigenvalue weighted by Crippen LogP contribution is 2.63. The van der Waals surface area contributed by atoms with Crippen molar-refractivity contribution < 1.29 is 0 Å². The monoisotopic (exact) mass is 545 g/mol. The van der Waals surface area contributed by atoms with Crippen molar-refractivity contribution in [2.45, 2.75) is 5.41 Å². The molecule has 0 amide bonds. The average Bonchev–Trinajstić information content (AvgIpc) is 3.55. The molecule has 0 saturated heterocycles. The third-order valence-electron chi connectivity index (χ3n) is 9.14. The van der Waals surface area contributed by atoms with Crippen LogP contribution in [0.15, 0.2) is 140 Å². The fourth-order valence-corrected chi connectivity index (χ4v) is 7.44. The van der Waals surface area contributed by atoms with Gasteiger partial charge in [0.05, 0.1) is 23.2 Å². The highest BCUT2D eigenvalue weighted by Gasteiger charge is 2.52. The van der Waals surface area contributed by atoms with Gasteiger partial charge in [-0.2, -0.15) is 0 Å². The van der Waals surface area contributed by atoms with Crippen LogP contribution >= 0.6 is 0 Å². The summed E-state index contributed by atoms with van der Waals surface area (Å²) in [7, 11) is 0. The van der Waals surface area contributed by atoms with E-state index in [0.717, 1.165) is 27.7 Å². The number of para-hydroxylation sites is 1. The predicted molar refractivity (Wildman–Crippen MR) is 173 cm³/mol. The molecular weight excluding hydrogens is 522 g/mol. The Hall–Kier alpha value is -5.85. The van der Waals surface area contributed by atoms with Crippen molar-refractivity contribution in [3.63, 3.8) is 0 Å². The van der Waals surface area contributed by atoms with Gasteiger partial charge in [-0.1, -0.05) is 133 Å². The second-order valence-corrected chi connectivity index (χ2v) is 11.2. The van der Waals surface area contributed by atoms with Gasteiger partial charge in [0.25, 0.3) is 0 Å². The standard InChI is InChI=1S/C40H23N3/c1-41-26-23-21-25(22-24-26)38-30-14-5-9-20-36(30)42-39(43-38)31-15-10-19-35-37(31)29-13-4-8-18-34(29)40(35)32-16-6-2-11-27(32)28-12-3-7-17-33(28)40/h2-24H. The van der Waals surface area contributed by atoms with Gasteiger partial charge < -0.3 is 0 Å². The predicted octanol–water partition coefficient (Wildman–Crippen LogP) is 9.86. The first-order valence-electron chi connectivity index (χ1n) is 14.5. The molecular formula is C40H23N3. The zero-order valence-electron chi connectivity index (χ0n) is 23.1. The molecule has 7 aromatic rings. The normalized spacial score (nSPS) is 13.3. The molecule has 0 saturated carbocycles. The van der Waals surface area contributed by atoms with Crippen molar-refractivity contribution in [1.82, 2.24) is 9.97 Å². The van der Waals surface area contributed by atoms with E-state index in [1.165, 1.54) is 44.5 Å². The first-order valence-corrected chi connectivity index (χ1v) is 14.5. The third-order valence-corrected chi connectivity index (χ3v) is 9.14. The summed E-state index contributed by atoms with van der Waals surface area (Å²) in [6.07, 6.45) is 0. The molecule has 2 aliphatic carbocycles. The Morgan fingerprint density at radius 1 is 0.488 bits per heavy atom. The molecule has 0 radical (unpaired) electrons. The summed E-state index contributed by atoms with van der Waals surface area (Å²) in [6.45, 7) is 7.39. The summed E-state index contributed by atoms with van der Waals surface area (Å²) in [5, 5.41) is 0.991. The van der Waals surface area contributed by atoms with E-state index in [-0.39, 0.29) is 0 Å². The fraction of sp³-hybridized carbons (Fsp3) is 0.0250. The zero-order valence-corrected chi connectivity index (χ0v) is 23.1. The number of fused-ring (bicyclic) bond motifs is 11. The van der Waals surface area contributed by atoms with Gasteiger partial charge in [0.15, 0.2) is 11.5 Å². The van der Waals surface area contributed by atoms with Crippen molar-refractivity contribution in [3.8, 4) is 44.9 Å². The van der Waals surface area contributed by atoms with Crippen LogP contribution in [0.2, 0.25) is 0 Å². The maximum Gasteiger partial charge on any atom is 0.187 e. The van der Waals surface area contributed by atoms with Crippen LogP contribution in [0.3, 0.4) is 0 Å². The van der Waals surface area contributed by atoms with Gasteiger partial charge in [-0.3, -0.25) is 0 Å². The number of aromatic nitrogens is 2. The first-order chi connectivity index (χ1) is 21.3. The van der Waals surface area contributed by atoms with E-state index < -0.39 is 5.41 Å². The lowest BCUT2D eigenvalue weighted by atomic mass is 9.70. The Kier molecular flexibility index (Phi) is 4.89. The lowest BCUT2D eigenvalue weighted by Crippen LogP contribution is -2.25. The molecule has 0 fully saturated rings. The van der Waals surface area contributed by atoms with Crippen LogP contribution in [-0.4, -0.2) is 9.97 Å². The van der Waals surface area contributed by atoms with Crippen LogP contribution in [0.5, 0.6) is 0 Å². The van der Waals surface area contributed by atoms with Crippen molar-refractivity contribution in [1.29, 1.82) is 0 Å². The second-order valence-electron chi connectivity index (χ2n) is 11.2. The first kappa shape index (κ1) is 23.8. The molecule has 1 spiro atoms. The largest absolute Gasteiger partial charge is 0.238 e. The lowest BCUT2D eigenvalue weighted by molar-refractivity contribution is 0.794. The third kappa shape index (κ3) is 3.13. The molecule has 3 heteroatoms. The van der Waals surface area contributed by atoms with Crippen molar-refractivity contribution >= 4 is 16.6 Å². The van der Waals surface area contributed by atoms with Crippen LogP contribution in [0.25, 0.3) is 60.6 Å². The number of hydrogen-bond donors (Lipinski definition) is 0. The lowest BCUT2D eigenvalue weighted by Gasteiger charge is -2.30. The Balaban J connectivity index is 1.37. The van der Waals surface area contributed by atoms with Crippen LogP contribution in [0.4, 0.5) is 5.69 Å². The Morgan fingerprint density at radius 2 is 1.05 bits per heavy atom. The maximum absolute atomic E-state index is 7.39. The van der Waals surface area contributed by atoms with Crippen LogP contribution in [0.1, 0.15) is 22.3 Å². The van der Waals surface area contributed by atoms with E-state index in [9.17, 15) is 0 Å². The Bertz CT molecular complexity index is 2260. The number of rotatable bonds is 2. The molecule has 1 heterocycles. The van der Waals surface area contributed by atoms with Gasteiger partial charge in [0, 0.05) is 10.9 Å². The highest BCUT2D eigenvalue weighted by atomic mass is 14.9. The summed E-state index contributed by atoms with van der Waals surface area (Å²) in [5.74, 6) is 0.700. The molecule has 0 unspecified atom stereocenters. The second kappa shape index (κ2) is 8.82. The van der Waals surface area contributed by atoms with E-state index in [1.54, 1.807) is 0 Å². The molecule has 0 N–H and O–H groups in total. The molecule has 0 bridgehead atoms. The topological polar surface area (TPSA) is 30.1 Å². The number of nitrogens with zero attached hydrogens (tertiary/aromatic N) is 3. The molecule has 43 heavy (non-hydrogen) atoms. The van der Waals surface area contributed by atoms with Gasteiger partial charge in [-0.25, -0.2) is 14.8 Å². The van der Waals surface area contributed by atoms with Crippen LogP contribution in [-0.2, 0) is 5.41 Å². The summed E-state index contributed by atoms with van der Waals surface area (Å²) in [6, 6.07) is 49.0. The van der Waals surface area contributed by atoms with Gasteiger partial charge in [0.2, 0.25) is 0 Å². The van der Waals surface area contributed by atoms with Gasteiger partial charge >= 0.3 is 0 Å². The molecule has 0 aliphatic heterocycles. The SMILES string of the molecule is [C-]#[N+]c1ccc(-c2nc(-c3cccc4c3-c3ccccc3C43c4ccccc4-c4ccccc43)nc3ccccc23)cc1. The molecule has 198 valence electrons. The summed E-state index contributed by atoms with van der Waals surface area (Å²) >= 11 is 0.